The Bertz CT molecular complexity index is 688. The molecule has 2 aliphatic rings. The van der Waals surface area contributed by atoms with Gasteiger partial charge in [-0.1, -0.05) is 20.8 Å². The first-order chi connectivity index (χ1) is 12.2. The van der Waals surface area contributed by atoms with Gasteiger partial charge in [-0.3, -0.25) is 4.79 Å². The van der Waals surface area contributed by atoms with Crippen molar-refractivity contribution in [3.05, 3.63) is 24.3 Å². The molecule has 142 valence electrons. The Hall–Kier alpha value is -2.44. The van der Waals surface area contributed by atoms with Crippen molar-refractivity contribution in [2.75, 3.05) is 25.1 Å². The lowest BCUT2D eigenvalue weighted by molar-refractivity contribution is -0.125. The Morgan fingerprint density at radius 3 is 2.27 bits per heavy atom. The summed E-state index contributed by atoms with van der Waals surface area (Å²) in [6.07, 6.45) is -0.144. The van der Waals surface area contributed by atoms with Gasteiger partial charge >= 0.3 is 6.09 Å². The van der Waals surface area contributed by atoms with E-state index in [0.29, 0.717) is 25.9 Å². The Morgan fingerprint density at radius 2 is 1.81 bits per heavy atom. The van der Waals surface area contributed by atoms with Gasteiger partial charge in [-0.05, 0) is 37.1 Å². The number of amides is 2. The number of carbonyl (C=O) groups is 2. The van der Waals surface area contributed by atoms with E-state index in [1.54, 1.807) is 7.11 Å². The molecule has 1 atom stereocenters. The minimum Gasteiger partial charge on any atom is -0.497 e. The zero-order chi connectivity index (χ0) is 19.1. The number of carboxylic acid groups (broad SMARTS) is 1. The Balaban J connectivity index is 2.00. The van der Waals surface area contributed by atoms with Crippen LogP contribution in [-0.4, -0.2) is 53.9 Å². The van der Waals surface area contributed by atoms with Gasteiger partial charge in [-0.25, -0.2) is 4.79 Å². The standard InChI is InChI=1S/C19H27N3O4/c1-18(2,3)15-20-16(23)19(9-11-21(12-10-19)17(24)25)22(15)13-5-7-14(26-4)8-6-13/h5-8,15H,9-12H2,1-4H3,(H,20,23)(H,24,25). The monoisotopic (exact) mass is 361 g/mol. The number of anilines is 1. The second-order valence-electron chi connectivity index (χ2n) is 8.11. The van der Waals surface area contributed by atoms with Gasteiger partial charge in [0.2, 0.25) is 5.91 Å². The molecule has 3 rings (SSSR count). The largest absolute Gasteiger partial charge is 0.497 e. The summed E-state index contributed by atoms with van der Waals surface area (Å²) in [4.78, 5) is 27.9. The van der Waals surface area contributed by atoms with Gasteiger partial charge < -0.3 is 25.0 Å². The summed E-state index contributed by atoms with van der Waals surface area (Å²) in [5, 5.41) is 12.4. The highest BCUT2D eigenvalue weighted by Gasteiger charge is 2.57. The van der Waals surface area contributed by atoms with Gasteiger partial charge in [0.25, 0.3) is 0 Å². The fourth-order valence-corrected chi connectivity index (χ4v) is 3.96. The highest BCUT2D eigenvalue weighted by atomic mass is 16.5. The summed E-state index contributed by atoms with van der Waals surface area (Å²) in [7, 11) is 1.62. The number of rotatable bonds is 2. The fourth-order valence-electron chi connectivity index (χ4n) is 3.96. The minimum absolute atomic E-state index is 0.0155. The van der Waals surface area contributed by atoms with Gasteiger partial charge in [0.05, 0.1) is 7.11 Å². The molecule has 2 aliphatic heterocycles. The van der Waals surface area contributed by atoms with Crippen molar-refractivity contribution < 1.29 is 19.4 Å². The van der Waals surface area contributed by atoms with E-state index in [-0.39, 0.29) is 17.5 Å². The number of nitrogens with one attached hydrogen (secondary N) is 1. The molecule has 1 spiro atoms. The highest BCUT2D eigenvalue weighted by Crippen LogP contribution is 2.43. The van der Waals surface area contributed by atoms with Crippen LogP contribution in [0, 0.1) is 5.41 Å². The van der Waals surface area contributed by atoms with Crippen LogP contribution in [0.15, 0.2) is 24.3 Å². The van der Waals surface area contributed by atoms with Crippen LogP contribution < -0.4 is 15.0 Å². The SMILES string of the molecule is COc1ccc(N2C(C(C)(C)C)NC(=O)C23CCN(C(=O)O)CC3)cc1. The van der Waals surface area contributed by atoms with Gasteiger partial charge in [-0.2, -0.15) is 0 Å². The van der Waals surface area contributed by atoms with Crippen molar-refractivity contribution in [2.45, 2.75) is 45.3 Å². The predicted octanol–water partition coefficient (Wildman–Crippen LogP) is 2.52. The lowest BCUT2D eigenvalue weighted by Gasteiger charge is -2.46. The van der Waals surface area contributed by atoms with E-state index in [0.717, 1.165) is 11.4 Å². The Labute approximate surface area is 153 Å². The third-order valence-electron chi connectivity index (χ3n) is 5.44. The molecule has 0 bridgehead atoms. The number of ether oxygens (including phenoxy) is 1. The second-order valence-corrected chi connectivity index (χ2v) is 8.11. The van der Waals surface area contributed by atoms with Crippen LogP contribution in [0.2, 0.25) is 0 Å². The number of methoxy groups -OCH3 is 1. The molecular formula is C19H27N3O4. The van der Waals surface area contributed by atoms with E-state index in [1.165, 1.54) is 4.90 Å². The quantitative estimate of drug-likeness (QED) is 0.846. The van der Waals surface area contributed by atoms with Crippen LogP contribution in [0.1, 0.15) is 33.6 Å². The lowest BCUT2D eigenvalue weighted by Crippen LogP contribution is -2.59. The zero-order valence-corrected chi connectivity index (χ0v) is 15.8. The molecule has 7 heteroatoms. The van der Waals surface area contributed by atoms with Crippen molar-refractivity contribution in [3.63, 3.8) is 0 Å². The van der Waals surface area contributed by atoms with E-state index in [9.17, 15) is 14.7 Å². The van der Waals surface area contributed by atoms with Crippen LogP contribution in [0.25, 0.3) is 0 Å². The summed E-state index contributed by atoms with van der Waals surface area (Å²) in [6, 6.07) is 7.70. The van der Waals surface area contributed by atoms with Crippen LogP contribution >= 0.6 is 0 Å². The van der Waals surface area contributed by atoms with Crippen LogP contribution in [0.5, 0.6) is 5.75 Å². The summed E-state index contributed by atoms with van der Waals surface area (Å²) in [5.41, 5.74) is 0.0365. The van der Waals surface area contributed by atoms with Crippen LogP contribution in [0.3, 0.4) is 0 Å². The molecule has 1 aromatic carbocycles. The topological polar surface area (TPSA) is 82.1 Å². The highest BCUT2D eigenvalue weighted by molar-refractivity contribution is 5.94. The minimum atomic E-state index is -0.929. The molecule has 26 heavy (non-hydrogen) atoms. The smallest absolute Gasteiger partial charge is 0.407 e. The second kappa shape index (κ2) is 6.37. The third-order valence-corrected chi connectivity index (χ3v) is 5.44. The lowest BCUT2D eigenvalue weighted by atomic mass is 9.84. The van der Waals surface area contributed by atoms with Crippen LogP contribution in [-0.2, 0) is 4.79 Å². The first-order valence-electron chi connectivity index (χ1n) is 8.91. The molecule has 2 amide bonds. The van der Waals surface area contributed by atoms with E-state index in [4.69, 9.17) is 4.74 Å². The maximum Gasteiger partial charge on any atom is 0.407 e. The number of nitrogens with zero attached hydrogens (tertiary/aromatic N) is 2. The van der Waals surface area contributed by atoms with E-state index >= 15 is 0 Å². The van der Waals surface area contributed by atoms with E-state index in [2.05, 4.69) is 31.0 Å². The van der Waals surface area contributed by atoms with E-state index in [1.807, 2.05) is 24.3 Å². The van der Waals surface area contributed by atoms with Gasteiger partial charge in [0.15, 0.2) is 0 Å². The molecule has 0 aromatic heterocycles. The number of hydrogen-bond donors (Lipinski definition) is 2. The molecule has 2 N–H and O–H groups in total. The molecule has 0 aliphatic carbocycles. The van der Waals surface area contributed by atoms with Crippen molar-refractivity contribution in [1.29, 1.82) is 0 Å². The van der Waals surface area contributed by atoms with E-state index < -0.39 is 11.6 Å². The molecule has 1 unspecified atom stereocenters. The summed E-state index contributed by atoms with van der Waals surface area (Å²) in [5.74, 6) is 0.743. The predicted molar refractivity (Wildman–Crippen MR) is 98.4 cm³/mol. The summed E-state index contributed by atoms with van der Waals surface area (Å²) < 4.78 is 5.25. The molecule has 2 heterocycles. The molecule has 2 saturated heterocycles. The number of hydrogen-bond acceptors (Lipinski definition) is 4. The van der Waals surface area contributed by atoms with Crippen molar-refractivity contribution in [3.8, 4) is 5.75 Å². The first kappa shape index (κ1) is 18.4. The summed E-state index contributed by atoms with van der Waals surface area (Å²) >= 11 is 0. The zero-order valence-electron chi connectivity index (χ0n) is 15.8. The normalized spacial score (nSPS) is 22.5. The average molecular weight is 361 g/mol. The molecule has 7 nitrogen and oxygen atoms in total. The third kappa shape index (κ3) is 2.95. The Morgan fingerprint density at radius 1 is 1.23 bits per heavy atom. The van der Waals surface area contributed by atoms with Gasteiger partial charge in [0.1, 0.15) is 17.5 Å². The molecule has 2 fully saturated rings. The van der Waals surface area contributed by atoms with Crippen molar-refractivity contribution >= 4 is 17.7 Å². The molecule has 0 radical (unpaired) electrons. The number of likely N-dealkylation sites (tertiary alicyclic amines) is 1. The van der Waals surface area contributed by atoms with Crippen molar-refractivity contribution in [1.82, 2.24) is 10.2 Å². The summed E-state index contributed by atoms with van der Waals surface area (Å²) in [6.45, 7) is 7.00. The van der Waals surface area contributed by atoms with Gasteiger partial charge in [-0.15, -0.1) is 0 Å². The molecule has 1 aromatic rings. The Kier molecular flexibility index (Phi) is 4.50. The van der Waals surface area contributed by atoms with Crippen molar-refractivity contribution in [2.24, 2.45) is 5.41 Å². The van der Waals surface area contributed by atoms with Crippen LogP contribution in [0.4, 0.5) is 10.5 Å². The molecular weight excluding hydrogens is 334 g/mol. The number of carbonyl (C=O) groups excluding carboxylic acids is 1. The molecule has 0 saturated carbocycles. The fraction of sp³-hybridized carbons (Fsp3) is 0.579. The maximum absolute atomic E-state index is 13.0. The number of piperidine rings is 1. The number of benzene rings is 1. The maximum atomic E-state index is 13.0. The average Bonchev–Trinajstić information content (AvgIpc) is 2.88. The first-order valence-corrected chi connectivity index (χ1v) is 8.91. The van der Waals surface area contributed by atoms with Gasteiger partial charge in [0, 0.05) is 24.2 Å².